The topological polar surface area (TPSA) is 32.3 Å². The molecule has 0 amide bonds. The number of nitrogens with one attached hydrogen (secondary N) is 1. The Balaban J connectivity index is 0.000000220. The molecule has 2 N–H and O–H groups in total. The Morgan fingerprint density at radius 2 is 1.30 bits per heavy atom. The average molecular weight is 326 g/mol. The van der Waals surface area contributed by atoms with Crippen LogP contribution in [0.2, 0.25) is 0 Å². The molecule has 0 aromatic heterocycles. The van der Waals surface area contributed by atoms with Gasteiger partial charge in [-0.25, -0.2) is 0 Å². The molecule has 1 saturated heterocycles. The summed E-state index contributed by atoms with van der Waals surface area (Å²) >= 11 is 0. The maximum atomic E-state index is 8.06. The molecule has 2 heteroatoms. The summed E-state index contributed by atoms with van der Waals surface area (Å²) in [7, 11) is 0. The van der Waals surface area contributed by atoms with E-state index >= 15 is 0 Å². The summed E-state index contributed by atoms with van der Waals surface area (Å²) in [6.07, 6.45) is 16.2. The van der Waals surface area contributed by atoms with Crippen molar-refractivity contribution < 1.29 is 5.11 Å². The lowest BCUT2D eigenvalue weighted by Gasteiger charge is -2.48. The summed E-state index contributed by atoms with van der Waals surface area (Å²) in [5.74, 6) is 2.00. The van der Waals surface area contributed by atoms with Gasteiger partial charge in [0.2, 0.25) is 0 Å². The van der Waals surface area contributed by atoms with E-state index in [2.05, 4.69) is 19.2 Å². The first-order valence-corrected chi connectivity index (χ1v) is 10.4. The van der Waals surface area contributed by atoms with Gasteiger partial charge < -0.3 is 10.4 Å². The Kier molecular flexibility index (Phi) is 10.5. The lowest BCUT2D eigenvalue weighted by molar-refractivity contribution is 0.0658. The highest BCUT2D eigenvalue weighted by molar-refractivity contribution is 4.95. The van der Waals surface area contributed by atoms with Crippen molar-refractivity contribution >= 4 is 0 Å². The second-order valence-corrected chi connectivity index (χ2v) is 8.54. The van der Waals surface area contributed by atoms with Crippen molar-refractivity contribution in [3.63, 3.8) is 0 Å². The third-order valence-corrected chi connectivity index (χ3v) is 6.04. The number of hydrogen-bond donors (Lipinski definition) is 2. The fraction of sp³-hybridized carbons (Fsp3) is 1.00. The second-order valence-electron chi connectivity index (χ2n) is 8.54. The number of rotatable bonds is 2. The molecule has 1 heterocycles. The van der Waals surface area contributed by atoms with Gasteiger partial charge in [0.05, 0.1) is 0 Å². The van der Waals surface area contributed by atoms with E-state index in [-0.39, 0.29) is 6.10 Å². The van der Waals surface area contributed by atoms with Crippen LogP contribution in [0.5, 0.6) is 0 Å². The predicted octanol–water partition coefficient (Wildman–Crippen LogP) is 5.54. The van der Waals surface area contributed by atoms with Gasteiger partial charge in [-0.2, -0.15) is 0 Å². The molecule has 1 atom stereocenters. The van der Waals surface area contributed by atoms with Crippen molar-refractivity contribution in [2.45, 2.75) is 104 Å². The second kappa shape index (κ2) is 11.5. The molecule has 2 saturated carbocycles. The molecule has 0 aromatic carbocycles. The third-order valence-electron chi connectivity index (χ3n) is 6.04. The van der Waals surface area contributed by atoms with Crippen LogP contribution in [-0.4, -0.2) is 24.3 Å². The van der Waals surface area contributed by atoms with E-state index in [1.54, 1.807) is 13.8 Å². The van der Waals surface area contributed by atoms with Gasteiger partial charge in [0.15, 0.2) is 0 Å². The first-order chi connectivity index (χ1) is 11.0. The molecule has 0 radical (unpaired) electrons. The maximum absolute atomic E-state index is 8.06. The van der Waals surface area contributed by atoms with Crippen LogP contribution < -0.4 is 5.32 Å². The Hall–Kier alpha value is -0.0800. The summed E-state index contributed by atoms with van der Waals surface area (Å²) in [5, 5.41) is 11.5. The van der Waals surface area contributed by atoms with Gasteiger partial charge in [0.1, 0.15) is 0 Å². The van der Waals surface area contributed by atoms with Crippen LogP contribution >= 0.6 is 0 Å². The fourth-order valence-corrected chi connectivity index (χ4v) is 4.05. The third kappa shape index (κ3) is 8.54. The molecule has 2 aliphatic carbocycles. The smallest absolute Gasteiger partial charge is 0.0483 e. The molecule has 3 fully saturated rings. The van der Waals surface area contributed by atoms with E-state index in [9.17, 15) is 0 Å². The van der Waals surface area contributed by atoms with Crippen molar-refractivity contribution in [2.75, 3.05) is 13.1 Å². The van der Waals surface area contributed by atoms with E-state index in [4.69, 9.17) is 5.11 Å². The van der Waals surface area contributed by atoms with Gasteiger partial charge in [0.25, 0.3) is 0 Å². The highest BCUT2D eigenvalue weighted by Crippen LogP contribution is 2.44. The molecule has 23 heavy (non-hydrogen) atoms. The minimum atomic E-state index is -0.167. The summed E-state index contributed by atoms with van der Waals surface area (Å²) in [6.45, 7) is 10.8. The van der Waals surface area contributed by atoms with E-state index in [1.807, 2.05) is 0 Å². The van der Waals surface area contributed by atoms with Crippen molar-refractivity contribution in [2.24, 2.45) is 17.3 Å². The Bertz CT molecular complexity index is 257. The zero-order chi connectivity index (χ0) is 17.1. The van der Waals surface area contributed by atoms with Gasteiger partial charge in [-0.3, -0.25) is 0 Å². The molecule has 0 aromatic rings. The van der Waals surface area contributed by atoms with E-state index in [0.717, 1.165) is 17.3 Å². The molecule has 3 aliphatic rings. The van der Waals surface area contributed by atoms with Gasteiger partial charge in [-0.05, 0) is 56.8 Å². The summed E-state index contributed by atoms with van der Waals surface area (Å²) in [5.41, 5.74) is 0.754. The molecule has 1 unspecified atom stereocenters. The van der Waals surface area contributed by atoms with Crippen molar-refractivity contribution in [3.05, 3.63) is 0 Å². The Morgan fingerprint density at radius 3 is 1.57 bits per heavy atom. The van der Waals surface area contributed by atoms with Crippen LogP contribution in [0.25, 0.3) is 0 Å². The van der Waals surface area contributed by atoms with Crippen LogP contribution in [0.15, 0.2) is 0 Å². The fourth-order valence-electron chi connectivity index (χ4n) is 4.05. The number of aliphatic hydroxyl groups is 1. The zero-order valence-corrected chi connectivity index (χ0v) is 16.4. The van der Waals surface area contributed by atoms with Crippen LogP contribution in [0.4, 0.5) is 0 Å². The average Bonchev–Trinajstić information content (AvgIpc) is 2.54. The van der Waals surface area contributed by atoms with Gasteiger partial charge >= 0.3 is 0 Å². The zero-order valence-electron chi connectivity index (χ0n) is 16.4. The van der Waals surface area contributed by atoms with E-state index in [1.165, 1.54) is 83.7 Å². The summed E-state index contributed by atoms with van der Waals surface area (Å²) < 4.78 is 0. The van der Waals surface area contributed by atoms with Crippen LogP contribution in [0.3, 0.4) is 0 Å². The van der Waals surface area contributed by atoms with Crippen LogP contribution in [-0.2, 0) is 0 Å². The standard InChI is InChI=1S/C12H23N.C6H12.C3H8O/c1-3-10(2)11-4-6-12(7-5-11)8-13-9-12;1-2-4-6-5-3-1;1-3(2)4/h10-11,13H,3-9H2,1-2H3;1-6H2;3-4H,1-2H3. The van der Waals surface area contributed by atoms with E-state index < -0.39 is 0 Å². The first kappa shape index (κ1) is 21.0. The lowest BCUT2D eigenvalue weighted by Crippen LogP contribution is -2.55. The summed E-state index contributed by atoms with van der Waals surface area (Å²) in [4.78, 5) is 0. The van der Waals surface area contributed by atoms with E-state index in [0.29, 0.717) is 0 Å². The maximum Gasteiger partial charge on any atom is 0.0483 e. The van der Waals surface area contributed by atoms with Crippen molar-refractivity contribution in [1.29, 1.82) is 0 Å². The molecular formula is C21H43NO. The van der Waals surface area contributed by atoms with Crippen LogP contribution in [0.1, 0.15) is 98.3 Å². The lowest BCUT2D eigenvalue weighted by atomic mass is 9.64. The van der Waals surface area contributed by atoms with Crippen molar-refractivity contribution in [3.8, 4) is 0 Å². The first-order valence-electron chi connectivity index (χ1n) is 10.4. The monoisotopic (exact) mass is 325 g/mol. The molecule has 1 aliphatic heterocycles. The molecule has 138 valence electrons. The minimum absolute atomic E-state index is 0.167. The largest absolute Gasteiger partial charge is 0.394 e. The molecule has 0 bridgehead atoms. The SMILES string of the molecule is C1CCCCC1.CC(C)O.CCC(C)C1CCC2(CC1)CNC2. The minimum Gasteiger partial charge on any atom is -0.394 e. The van der Waals surface area contributed by atoms with Gasteiger partial charge in [-0.1, -0.05) is 58.8 Å². The highest BCUT2D eigenvalue weighted by atomic mass is 16.3. The Labute approximate surface area is 145 Å². The molecule has 1 spiro atoms. The quantitative estimate of drug-likeness (QED) is 0.698. The normalized spacial score (nSPS) is 24.8. The van der Waals surface area contributed by atoms with Crippen LogP contribution in [0, 0.1) is 17.3 Å². The van der Waals surface area contributed by atoms with Gasteiger partial charge in [0, 0.05) is 19.2 Å². The number of aliphatic hydroxyl groups excluding tert-OH is 1. The summed E-state index contributed by atoms with van der Waals surface area (Å²) in [6, 6.07) is 0. The molecular weight excluding hydrogens is 282 g/mol. The highest BCUT2D eigenvalue weighted by Gasteiger charge is 2.40. The molecule has 2 nitrogen and oxygen atoms in total. The van der Waals surface area contributed by atoms with Crippen molar-refractivity contribution in [1.82, 2.24) is 5.32 Å². The number of hydrogen-bond acceptors (Lipinski definition) is 2. The predicted molar refractivity (Wildman–Crippen MR) is 102 cm³/mol. The van der Waals surface area contributed by atoms with Gasteiger partial charge in [-0.15, -0.1) is 0 Å². The Morgan fingerprint density at radius 1 is 0.913 bits per heavy atom. The molecule has 3 rings (SSSR count).